The number of rotatable bonds is 4. The molecule has 0 spiro atoms. The highest BCUT2D eigenvalue weighted by atomic mass is 35.5. The highest BCUT2D eigenvalue weighted by Gasteiger charge is 2.24. The normalized spacial score (nSPS) is 19.4. The van der Waals surface area contributed by atoms with Crippen LogP contribution in [0.25, 0.3) is 0 Å². The molecule has 0 unspecified atom stereocenters. The van der Waals surface area contributed by atoms with Gasteiger partial charge in [0.05, 0.1) is 6.67 Å². The number of benzene rings is 1. The fourth-order valence-corrected chi connectivity index (χ4v) is 2.78. The third-order valence-electron chi connectivity index (χ3n) is 3.76. The first-order valence-electron chi connectivity index (χ1n) is 6.79. The lowest BCUT2D eigenvalue weighted by Crippen LogP contribution is -2.45. The topological polar surface area (TPSA) is 33.7 Å². The van der Waals surface area contributed by atoms with Crippen molar-refractivity contribution in [2.75, 3.05) is 39.6 Å². The van der Waals surface area contributed by atoms with Crippen LogP contribution in [-0.2, 0) is 0 Å². The summed E-state index contributed by atoms with van der Waals surface area (Å²) in [5, 5.41) is 3.32. The molecule has 1 saturated heterocycles. The lowest BCUT2D eigenvalue weighted by Gasteiger charge is -2.35. The van der Waals surface area contributed by atoms with Crippen molar-refractivity contribution in [3.8, 4) is 11.5 Å². The van der Waals surface area contributed by atoms with Gasteiger partial charge in [0.2, 0.25) is 6.79 Å². The molecule has 1 aromatic rings. The minimum absolute atomic E-state index is 0. The van der Waals surface area contributed by atoms with E-state index in [2.05, 4.69) is 10.2 Å². The number of piperazine rings is 1. The van der Waals surface area contributed by atoms with E-state index in [4.69, 9.17) is 9.47 Å². The molecular formula is C14H20ClFN2O2. The van der Waals surface area contributed by atoms with Gasteiger partial charge in [-0.15, -0.1) is 12.4 Å². The number of ether oxygens (including phenoxy) is 2. The second-order valence-corrected chi connectivity index (χ2v) is 4.89. The Hall–Kier alpha value is -1.04. The predicted molar refractivity (Wildman–Crippen MR) is 77.6 cm³/mol. The van der Waals surface area contributed by atoms with E-state index in [-0.39, 0.29) is 31.9 Å². The van der Waals surface area contributed by atoms with Gasteiger partial charge in [-0.2, -0.15) is 0 Å². The maximum absolute atomic E-state index is 12.9. The molecule has 20 heavy (non-hydrogen) atoms. The number of hydrogen-bond acceptors (Lipinski definition) is 4. The van der Waals surface area contributed by atoms with Gasteiger partial charge in [0.1, 0.15) is 0 Å². The van der Waals surface area contributed by atoms with E-state index in [0.717, 1.165) is 43.2 Å². The van der Waals surface area contributed by atoms with Crippen LogP contribution < -0.4 is 14.8 Å². The standard InChI is InChI=1S/C14H19FN2O2.ClH/c15-4-3-12(17-7-5-16-6-8-17)11-1-2-13-14(9-11)19-10-18-13;/h1-2,9,12,16H,3-8,10H2;1H/t12-;/m1./s1. The molecule has 0 amide bonds. The van der Waals surface area contributed by atoms with Crippen LogP contribution in [0.3, 0.4) is 0 Å². The van der Waals surface area contributed by atoms with Crippen LogP contribution in [0.2, 0.25) is 0 Å². The lowest BCUT2D eigenvalue weighted by atomic mass is 10.0. The Bertz CT molecular complexity index is 441. The number of halogens is 2. The van der Waals surface area contributed by atoms with Gasteiger partial charge in [-0.1, -0.05) is 6.07 Å². The first kappa shape index (κ1) is 15.4. The third-order valence-corrected chi connectivity index (χ3v) is 3.76. The summed E-state index contributed by atoms with van der Waals surface area (Å²) >= 11 is 0. The van der Waals surface area contributed by atoms with Crippen molar-refractivity contribution in [2.45, 2.75) is 12.5 Å². The zero-order valence-electron chi connectivity index (χ0n) is 11.3. The molecule has 2 aliphatic rings. The average molecular weight is 303 g/mol. The van der Waals surface area contributed by atoms with Crippen molar-refractivity contribution in [3.63, 3.8) is 0 Å². The van der Waals surface area contributed by atoms with E-state index in [1.807, 2.05) is 18.2 Å². The Morgan fingerprint density at radius 2 is 1.95 bits per heavy atom. The highest BCUT2D eigenvalue weighted by Crippen LogP contribution is 2.36. The summed E-state index contributed by atoms with van der Waals surface area (Å²) in [7, 11) is 0. The number of hydrogen-bond donors (Lipinski definition) is 1. The van der Waals surface area contributed by atoms with Gasteiger partial charge in [-0.25, -0.2) is 0 Å². The molecule has 0 saturated carbocycles. The van der Waals surface area contributed by atoms with Crippen LogP contribution in [0, 0.1) is 0 Å². The van der Waals surface area contributed by atoms with Gasteiger partial charge in [-0.05, 0) is 24.1 Å². The molecule has 6 heteroatoms. The number of alkyl halides is 1. The van der Waals surface area contributed by atoms with E-state index < -0.39 is 0 Å². The first-order valence-corrected chi connectivity index (χ1v) is 6.79. The van der Waals surface area contributed by atoms with Gasteiger partial charge in [-0.3, -0.25) is 9.29 Å². The Morgan fingerprint density at radius 3 is 2.70 bits per heavy atom. The monoisotopic (exact) mass is 302 g/mol. The highest BCUT2D eigenvalue weighted by molar-refractivity contribution is 5.85. The molecule has 1 atom stereocenters. The Kier molecular flexibility index (Phi) is 5.46. The lowest BCUT2D eigenvalue weighted by molar-refractivity contribution is 0.157. The first-order chi connectivity index (χ1) is 9.38. The summed E-state index contributed by atoms with van der Waals surface area (Å²) in [5.74, 6) is 1.56. The van der Waals surface area contributed by atoms with Crippen molar-refractivity contribution < 1.29 is 13.9 Å². The molecule has 3 rings (SSSR count). The van der Waals surface area contributed by atoms with Gasteiger partial charge in [0, 0.05) is 32.2 Å². The molecule has 0 bridgehead atoms. The fraction of sp³-hybridized carbons (Fsp3) is 0.571. The fourth-order valence-electron chi connectivity index (χ4n) is 2.78. The molecule has 1 fully saturated rings. The Balaban J connectivity index is 0.00000147. The van der Waals surface area contributed by atoms with E-state index in [9.17, 15) is 4.39 Å². The van der Waals surface area contributed by atoms with Crippen molar-refractivity contribution in [1.29, 1.82) is 0 Å². The van der Waals surface area contributed by atoms with Gasteiger partial charge in [0.25, 0.3) is 0 Å². The maximum atomic E-state index is 12.9. The smallest absolute Gasteiger partial charge is 0.231 e. The molecule has 4 nitrogen and oxygen atoms in total. The molecule has 1 aromatic carbocycles. The van der Waals surface area contributed by atoms with Crippen molar-refractivity contribution in [2.24, 2.45) is 0 Å². The Labute approximate surface area is 124 Å². The number of nitrogens with one attached hydrogen (secondary N) is 1. The largest absolute Gasteiger partial charge is 0.454 e. The quantitative estimate of drug-likeness (QED) is 0.924. The number of fused-ring (bicyclic) bond motifs is 1. The summed E-state index contributed by atoms with van der Waals surface area (Å²) in [6, 6.07) is 6.06. The van der Waals surface area contributed by atoms with Crippen LogP contribution in [0.15, 0.2) is 18.2 Å². The van der Waals surface area contributed by atoms with Crippen molar-refractivity contribution >= 4 is 12.4 Å². The van der Waals surface area contributed by atoms with Gasteiger partial charge >= 0.3 is 0 Å². The summed E-state index contributed by atoms with van der Waals surface area (Å²) < 4.78 is 23.6. The second kappa shape index (κ2) is 7.11. The van der Waals surface area contributed by atoms with Gasteiger partial charge in [0.15, 0.2) is 11.5 Å². The second-order valence-electron chi connectivity index (χ2n) is 4.89. The van der Waals surface area contributed by atoms with Crippen molar-refractivity contribution in [1.82, 2.24) is 10.2 Å². The summed E-state index contributed by atoms with van der Waals surface area (Å²) in [6.07, 6.45) is 0.527. The van der Waals surface area contributed by atoms with Crippen LogP contribution in [-0.4, -0.2) is 44.5 Å². The minimum atomic E-state index is -0.303. The summed E-state index contributed by atoms with van der Waals surface area (Å²) in [5.41, 5.74) is 1.11. The summed E-state index contributed by atoms with van der Waals surface area (Å²) in [4.78, 5) is 2.34. The minimum Gasteiger partial charge on any atom is -0.454 e. The SMILES string of the molecule is Cl.FCC[C@H](c1ccc2c(c1)OCO2)N1CCNCC1. The van der Waals surface area contributed by atoms with E-state index in [1.54, 1.807) is 0 Å². The van der Waals surface area contributed by atoms with Crippen LogP contribution in [0.1, 0.15) is 18.0 Å². The Morgan fingerprint density at radius 1 is 1.20 bits per heavy atom. The molecule has 2 aliphatic heterocycles. The van der Waals surface area contributed by atoms with Crippen LogP contribution in [0.5, 0.6) is 11.5 Å². The number of nitrogens with zero attached hydrogens (tertiary/aromatic N) is 1. The molecule has 1 N–H and O–H groups in total. The van der Waals surface area contributed by atoms with Crippen LogP contribution in [0.4, 0.5) is 4.39 Å². The summed E-state index contributed by atoms with van der Waals surface area (Å²) in [6.45, 7) is 3.82. The van der Waals surface area contributed by atoms with Crippen molar-refractivity contribution in [3.05, 3.63) is 23.8 Å². The zero-order valence-corrected chi connectivity index (χ0v) is 12.1. The van der Waals surface area contributed by atoms with Gasteiger partial charge < -0.3 is 14.8 Å². The molecule has 0 aliphatic carbocycles. The van der Waals surface area contributed by atoms with E-state index >= 15 is 0 Å². The van der Waals surface area contributed by atoms with E-state index in [0.29, 0.717) is 6.42 Å². The third kappa shape index (κ3) is 3.16. The average Bonchev–Trinajstić information content (AvgIpc) is 2.93. The molecule has 0 radical (unpaired) electrons. The van der Waals surface area contributed by atoms with E-state index in [1.165, 1.54) is 0 Å². The molecule has 112 valence electrons. The van der Waals surface area contributed by atoms with Crippen LogP contribution >= 0.6 is 12.4 Å². The molecular weight excluding hydrogens is 283 g/mol. The molecule has 2 heterocycles. The molecule has 0 aromatic heterocycles. The predicted octanol–water partition coefficient (Wildman–Crippen LogP) is 2.14. The maximum Gasteiger partial charge on any atom is 0.231 e. The zero-order chi connectivity index (χ0) is 13.1.